The van der Waals surface area contributed by atoms with Crippen molar-refractivity contribution in [1.82, 2.24) is 15.0 Å². The minimum Gasteiger partial charge on any atom is -0.493 e. The van der Waals surface area contributed by atoms with E-state index in [0.29, 0.717) is 34.4 Å². The second kappa shape index (κ2) is 7.59. The third-order valence-corrected chi connectivity index (χ3v) is 4.53. The van der Waals surface area contributed by atoms with Crippen LogP contribution in [0, 0.1) is 0 Å². The lowest BCUT2D eigenvalue weighted by Crippen LogP contribution is -2.02. The van der Waals surface area contributed by atoms with E-state index < -0.39 is 0 Å². The molecule has 2 aromatic heterocycles. The summed E-state index contributed by atoms with van der Waals surface area (Å²) in [5.41, 5.74) is 9.34. The van der Waals surface area contributed by atoms with E-state index in [1.165, 1.54) is 0 Å². The molecule has 0 saturated carbocycles. The number of nitrogen functional groups attached to an aromatic ring is 1. The van der Waals surface area contributed by atoms with Gasteiger partial charge in [0.25, 0.3) is 0 Å². The number of aromatic nitrogens is 3. The van der Waals surface area contributed by atoms with Gasteiger partial charge in [-0.05, 0) is 17.5 Å². The molecule has 148 valence electrons. The van der Waals surface area contributed by atoms with Crippen LogP contribution in [0.4, 0.5) is 17.5 Å². The molecule has 8 nitrogen and oxygen atoms in total. The van der Waals surface area contributed by atoms with Gasteiger partial charge in [-0.3, -0.25) is 0 Å². The van der Waals surface area contributed by atoms with Crippen LogP contribution in [0.5, 0.6) is 17.2 Å². The van der Waals surface area contributed by atoms with Gasteiger partial charge >= 0.3 is 0 Å². The number of aromatic amines is 1. The van der Waals surface area contributed by atoms with E-state index in [0.717, 1.165) is 16.5 Å². The van der Waals surface area contributed by atoms with Crippen molar-refractivity contribution in [1.29, 1.82) is 0 Å². The number of H-pyrrole nitrogens is 1. The molecule has 4 aromatic rings. The molecule has 4 N–H and O–H groups in total. The molecule has 0 fully saturated rings. The van der Waals surface area contributed by atoms with E-state index in [1.54, 1.807) is 33.5 Å². The quantitative estimate of drug-likeness (QED) is 0.456. The molecular weight excluding hydrogens is 370 g/mol. The monoisotopic (exact) mass is 391 g/mol. The number of benzene rings is 2. The van der Waals surface area contributed by atoms with Gasteiger partial charge in [0.1, 0.15) is 5.82 Å². The van der Waals surface area contributed by atoms with Gasteiger partial charge in [-0.25, -0.2) is 4.98 Å². The highest BCUT2D eigenvalue weighted by molar-refractivity contribution is 5.84. The second-order valence-electron chi connectivity index (χ2n) is 6.32. The molecule has 0 bridgehead atoms. The second-order valence-corrected chi connectivity index (χ2v) is 6.32. The van der Waals surface area contributed by atoms with Crippen LogP contribution < -0.4 is 25.3 Å². The largest absolute Gasteiger partial charge is 0.493 e. The van der Waals surface area contributed by atoms with Crippen LogP contribution in [0.1, 0.15) is 0 Å². The molecule has 2 aromatic carbocycles. The first-order valence-corrected chi connectivity index (χ1v) is 8.90. The minimum absolute atomic E-state index is 0.170. The fraction of sp³-hybridized carbons (Fsp3) is 0.143. The third kappa shape index (κ3) is 3.60. The lowest BCUT2D eigenvalue weighted by Gasteiger charge is -2.15. The molecule has 8 heteroatoms. The normalized spacial score (nSPS) is 10.7. The van der Waals surface area contributed by atoms with Crippen molar-refractivity contribution in [3.05, 3.63) is 48.7 Å². The SMILES string of the molecule is COc1cc(Nc2cc(-c3ccc4cc[nH]c4c3)nc(N)n2)cc(OC)c1OC. The highest BCUT2D eigenvalue weighted by Crippen LogP contribution is 2.40. The topological polar surface area (TPSA) is 107 Å². The third-order valence-electron chi connectivity index (χ3n) is 4.53. The lowest BCUT2D eigenvalue weighted by atomic mass is 10.1. The summed E-state index contributed by atoms with van der Waals surface area (Å²) in [6.45, 7) is 0. The highest BCUT2D eigenvalue weighted by atomic mass is 16.5. The standard InChI is InChI=1S/C21H21N5O3/c1-27-17-9-14(10-18(28-2)20(17)29-3)24-19-11-16(25-21(22)26-19)13-5-4-12-6-7-23-15(12)8-13/h4-11,23H,1-3H3,(H3,22,24,25,26). The van der Waals surface area contributed by atoms with Gasteiger partial charge < -0.3 is 30.2 Å². The van der Waals surface area contributed by atoms with Gasteiger partial charge in [-0.15, -0.1) is 0 Å². The van der Waals surface area contributed by atoms with Crippen molar-refractivity contribution in [2.24, 2.45) is 0 Å². The van der Waals surface area contributed by atoms with E-state index in [-0.39, 0.29) is 5.95 Å². The summed E-state index contributed by atoms with van der Waals surface area (Å²) in [5.74, 6) is 2.31. The fourth-order valence-electron chi connectivity index (χ4n) is 3.19. The molecule has 4 rings (SSSR count). The van der Waals surface area contributed by atoms with E-state index in [1.807, 2.05) is 36.5 Å². The Kier molecular flexibility index (Phi) is 4.82. The number of nitrogens with one attached hydrogen (secondary N) is 2. The summed E-state index contributed by atoms with van der Waals surface area (Å²) in [6.07, 6.45) is 1.90. The van der Waals surface area contributed by atoms with Gasteiger partial charge in [0.2, 0.25) is 11.7 Å². The Morgan fingerprint density at radius 2 is 1.66 bits per heavy atom. The van der Waals surface area contributed by atoms with Crippen LogP contribution in [-0.4, -0.2) is 36.3 Å². The van der Waals surface area contributed by atoms with Crippen LogP contribution >= 0.6 is 0 Å². The number of rotatable bonds is 6. The van der Waals surface area contributed by atoms with E-state index in [9.17, 15) is 0 Å². The Morgan fingerprint density at radius 1 is 0.897 bits per heavy atom. The zero-order valence-electron chi connectivity index (χ0n) is 16.3. The maximum absolute atomic E-state index is 5.96. The number of hydrogen-bond donors (Lipinski definition) is 3. The summed E-state index contributed by atoms with van der Waals surface area (Å²) in [6, 6.07) is 13.5. The smallest absolute Gasteiger partial charge is 0.222 e. The van der Waals surface area contributed by atoms with Gasteiger partial charge in [0.15, 0.2) is 11.5 Å². The average molecular weight is 391 g/mol. The molecule has 0 spiro atoms. The lowest BCUT2D eigenvalue weighted by molar-refractivity contribution is 0.324. The molecule has 0 amide bonds. The van der Waals surface area contributed by atoms with Crippen molar-refractivity contribution < 1.29 is 14.2 Å². The summed E-state index contributed by atoms with van der Waals surface area (Å²) in [5, 5.41) is 4.36. The number of methoxy groups -OCH3 is 3. The molecule has 0 atom stereocenters. The molecule has 29 heavy (non-hydrogen) atoms. The Bertz CT molecular complexity index is 1150. The van der Waals surface area contributed by atoms with Crippen molar-refractivity contribution in [2.45, 2.75) is 0 Å². The van der Waals surface area contributed by atoms with E-state index in [2.05, 4.69) is 20.3 Å². The zero-order valence-corrected chi connectivity index (χ0v) is 16.3. The van der Waals surface area contributed by atoms with E-state index >= 15 is 0 Å². The molecule has 2 heterocycles. The summed E-state index contributed by atoms with van der Waals surface area (Å²) < 4.78 is 16.2. The van der Waals surface area contributed by atoms with Crippen molar-refractivity contribution in [3.8, 4) is 28.5 Å². The van der Waals surface area contributed by atoms with Gasteiger partial charge in [-0.2, -0.15) is 4.98 Å². The zero-order chi connectivity index (χ0) is 20.4. The van der Waals surface area contributed by atoms with Crippen LogP contribution in [0.2, 0.25) is 0 Å². The van der Waals surface area contributed by atoms with E-state index in [4.69, 9.17) is 19.9 Å². The Hall–Kier alpha value is -3.94. The maximum Gasteiger partial charge on any atom is 0.222 e. The average Bonchev–Trinajstić information content (AvgIpc) is 3.20. The first kappa shape index (κ1) is 18.4. The fourth-order valence-corrected chi connectivity index (χ4v) is 3.19. The van der Waals surface area contributed by atoms with Crippen LogP contribution in [-0.2, 0) is 0 Å². The van der Waals surface area contributed by atoms with Crippen LogP contribution in [0.15, 0.2) is 48.7 Å². The van der Waals surface area contributed by atoms with Crippen molar-refractivity contribution in [2.75, 3.05) is 32.4 Å². The number of fused-ring (bicyclic) bond motifs is 1. The summed E-state index contributed by atoms with van der Waals surface area (Å²) in [4.78, 5) is 11.9. The molecule has 0 radical (unpaired) electrons. The van der Waals surface area contributed by atoms with Crippen molar-refractivity contribution in [3.63, 3.8) is 0 Å². The van der Waals surface area contributed by atoms with Crippen LogP contribution in [0.25, 0.3) is 22.2 Å². The van der Waals surface area contributed by atoms with Gasteiger partial charge in [-0.1, -0.05) is 12.1 Å². The number of hydrogen-bond acceptors (Lipinski definition) is 7. The molecule has 0 saturated heterocycles. The molecule has 0 aliphatic heterocycles. The molecule has 0 aliphatic rings. The highest BCUT2D eigenvalue weighted by Gasteiger charge is 2.14. The number of ether oxygens (including phenoxy) is 3. The summed E-state index contributed by atoms with van der Waals surface area (Å²) in [7, 11) is 4.70. The van der Waals surface area contributed by atoms with Gasteiger partial charge in [0, 0.05) is 41.2 Å². The van der Waals surface area contributed by atoms with Crippen LogP contribution in [0.3, 0.4) is 0 Å². The number of nitrogens with zero attached hydrogens (tertiary/aromatic N) is 2. The minimum atomic E-state index is 0.170. The van der Waals surface area contributed by atoms with Crippen molar-refractivity contribution >= 4 is 28.4 Å². The number of nitrogens with two attached hydrogens (primary N) is 1. The first-order valence-electron chi connectivity index (χ1n) is 8.90. The molecular formula is C21H21N5O3. The molecule has 0 unspecified atom stereocenters. The van der Waals surface area contributed by atoms with Gasteiger partial charge in [0.05, 0.1) is 27.0 Å². The Labute approximate surface area is 167 Å². The Balaban J connectivity index is 1.71. The Morgan fingerprint density at radius 3 is 2.34 bits per heavy atom. The maximum atomic E-state index is 5.96. The summed E-state index contributed by atoms with van der Waals surface area (Å²) >= 11 is 0. The predicted octanol–water partition coefficient (Wildman–Crippen LogP) is 3.98. The predicted molar refractivity (Wildman–Crippen MR) is 113 cm³/mol. The molecule has 0 aliphatic carbocycles. The number of anilines is 3. The first-order chi connectivity index (χ1) is 14.1.